The van der Waals surface area contributed by atoms with Crippen LogP contribution in [0, 0.1) is 0 Å². The Kier molecular flexibility index (Phi) is 4.07. The van der Waals surface area contributed by atoms with Crippen molar-refractivity contribution in [3.63, 3.8) is 0 Å². The van der Waals surface area contributed by atoms with Gasteiger partial charge in [0.25, 0.3) is 0 Å². The number of nitrogens with zero attached hydrogens (tertiary/aromatic N) is 2. The zero-order valence-electron chi connectivity index (χ0n) is 10.5. The lowest BCUT2D eigenvalue weighted by Crippen LogP contribution is -2.12. The van der Waals surface area contributed by atoms with Crippen LogP contribution in [0.2, 0.25) is 0 Å². The van der Waals surface area contributed by atoms with Gasteiger partial charge in [0.1, 0.15) is 12.1 Å². The predicted molar refractivity (Wildman–Crippen MR) is 66.8 cm³/mol. The molecule has 0 saturated carbocycles. The van der Waals surface area contributed by atoms with Crippen molar-refractivity contribution in [2.45, 2.75) is 25.5 Å². The Morgan fingerprint density at radius 1 is 1.33 bits per heavy atom. The van der Waals surface area contributed by atoms with Crippen LogP contribution in [0.15, 0.2) is 34.9 Å². The highest BCUT2D eigenvalue weighted by Crippen LogP contribution is 2.21. The lowest BCUT2D eigenvalue weighted by molar-refractivity contribution is 0.0903. The average Bonchev–Trinajstić information content (AvgIpc) is 2.90. The molecule has 5 heteroatoms. The normalized spacial score (nSPS) is 14.4. The Morgan fingerprint density at radius 3 is 2.67 bits per heavy atom. The average molecular weight is 247 g/mol. The van der Waals surface area contributed by atoms with E-state index in [2.05, 4.69) is 10.1 Å². The molecule has 0 aliphatic heterocycles. The van der Waals surface area contributed by atoms with Gasteiger partial charge in [0.15, 0.2) is 0 Å². The number of hydrogen-bond donors (Lipinski definition) is 1. The topological polar surface area (TPSA) is 74.2 Å². The van der Waals surface area contributed by atoms with Crippen molar-refractivity contribution in [1.29, 1.82) is 0 Å². The lowest BCUT2D eigenvalue weighted by Gasteiger charge is -2.07. The molecule has 0 aliphatic rings. The van der Waals surface area contributed by atoms with Crippen LogP contribution in [0.25, 0.3) is 0 Å². The van der Waals surface area contributed by atoms with Gasteiger partial charge in [-0.05, 0) is 12.0 Å². The minimum Gasteiger partial charge on any atom is -0.373 e. The Hall–Kier alpha value is -1.72. The van der Waals surface area contributed by atoms with E-state index >= 15 is 0 Å². The molecule has 0 amide bonds. The summed E-state index contributed by atoms with van der Waals surface area (Å²) in [4.78, 5) is 4.30. The molecule has 0 aliphatic carbocycles. The van der Waals surface area contributed by atoms with Gasteiger partial charge in [-0.25, -0.2) is 0 Å². The molecule has 1 aromatic heterocycles. The molecule has 0 radical (unpaired) electrons. The van der Waals surface area contributed by atoms with Crippen LogP contribution in [-0.2, 0) is 4.74 Å². The second-order valence-corrected chi connectivity index (χ2v) is 4.01. The molecule has 1 heterocycles. The van der Waals surface area contributed by atoms with Gasteiger partial charge in [-0.2, -0.15) is 4.98 Å². The highest BCUT2D eigenvalue weighted by atomic mass is 16.5. The second-order valence-electron chi connectivity index (χ2n) is 4.01. The number of benzene rings is 1. The number of rotatable bonds is 5. The minimum atomic E-state index is -0.401. The van der Waals surface area contributed by atoms with Crippen LogP contribution in [0.1, 0.15) is 42.8 Å². The summed E-state index contributed by atoms with van der Waals surface area (Å²) in [5, 5.41) is 3.91. The molecule has 0 spiro atoms. The zero-order chi connectivity index (χ0) is 13.0. The van der Waals surface area contributed by atoms with E-state index in [9.17, 15) is 0 Å². The maximum absolute atomic E-state index is 6.08. The van der Waals surface area contributed by atoms with E-state index in [0.717, 1.165) is 12.0 Å². The third-order valence-corrected chi connectivity index (χ3v) is 2.83. The van der Waals surface area contributed by atoms with E-state index in [4.69, 9.17) is 15.0 Å². The number of nitrogens with two attached hydrogens (primary N) is 1. The standard InChI is InChI=1S/C13H17N3O2/c1-3-10(17-2)12-15-13(18-16-12)11(14)9-7-5-4-6-8-9/h4-8,10-11H,3,14H2,1-2H3/t10?,11-/m0/s1. The van der Waals surface area contributed by atoms with Crippen molar-refractivity contribution in [2.75, 3.05) is 7.11 Å². The van der Waals surface area contributed by atoms with Crippen LogP contribution >= 0.6 is 0 Å². The molecule has 5 nitrogen and oxygen atoms in total. The molecule has 2 rings (SSSR count). The Morgan fingerprint density at radius 2 is 2.06 bits per heavy atom. The molecule has 2 N–H and O–H groups in total. The van der Waals surface area contributed by atoms with Crippen molar-refractivity contribution in [1.82, 2.24) is 10.1 Å². The second kappa shape index (κ2) is 5.75. The van der Waals surface area contributed by atoms with Crippen LogP contribution in [0.5, 0.6) is 0 Å². The quantitative estimate of drug-likeness (QED) is 0.876. The van der Waals surface area contributed by atoms with Crippen LogP contribution in [0.4, 0.5) is 0 Å². The summed E-state index contributed by atoms with van der Waals surface area (Å²) >= 11 is 0. The highest BCUT2D eigenvalue weighted by Gasteiger charge is 2.20. The number of hydrogen-bond acceptors (Lipinski definition) is 5. The summed E-state index contributed by atoms with van der Waals surface area (Å²) in [6.07, 6.45) is 0.640. The molecule has 0 bridgehead atoms. The minimum absolute atomic E-state index is 0.148. The van der Waals surface area contributed by atoms with Gasteiger partial charge in [-0.1, -0.05) is 42.4 Å². The smallest absolute Gasteiger partial charge is 0.248 e. The summed E-state index contributed by atoms with van der Waals surface area (Å²) in [5.74, 6) is 0.952. The van der Waals surface area contributed by atoms with E-state index in [1.165, 1.54) is 0 Å². The van der Waals surface area contributed by atoms with Crippen LogP contribution < -0.4 is 5.73 Å². The predicted octanol–water partition coefficient (Wildman–Crippen LogP) is 2.22. The fourth-order valence-corrected chi connectivity index (χ4v) is 1.76. The first-order valence-corrected chi connectivity index (χ1v) is 5.93. The van der Waals surface area contributed by atoms with E-state index in [1.807, 2.05) is 37.3 Å². The maximum atomic E-state index is 6.08. The molecule has 2 aromatic rings. The first kappa shape index (κ1) is 12.7. The molecular formula is C13H17N3O2. The molecular weight excluding hydrogens is 230 g/mol. The maximum Gasteiger partial charge on any atom is 0.248 e. The SMILES string of the molecule is CCC(OC)c1noc([C@@H](N)c2ccccc2)n1. The van der Waals surface area contributed by atoms with Crippen molar-refractivity contribution < 1.29 is 9.26 Å². The van der Waals surface area contributed by atoms with E-state index in [-0.39, 0.29) is 6.10 Å². The van der Waals surface area contributed by atoms with Crippen molar-refractivity contribution in [2.24, 2.45) is 5.73 Å². The molecule has 1 aromatic carbocycles. The van der Waals surface area contributed by atoms with Gasteiger partial charge in [0, 0.05) is 7.11 Å². The van der Waals surface area contributed by atoms with Crippen molar-refractivity contribution in [3.05, 3.63) is 47.6 Å². The molecule has 96 valence electrons. The van der Waals surface area contributed by atoms with E-state index in [1.54, 1.807) is 7.11 Å². The lowest BCUT2D eigenvalue weighted by atomic mass is 10.1. The molecule has 0 saturated heterocycles. The summed E-state index contributed by atoms with van der Waals surface area (Å²) in [6, 6.07) is 9.26. The third kappa shape index (κ3) is 2.57. The largest absolute Gasteiger partial charge is 0.373 e. The van der Waals surface area contributed by atoms with Gasteiger partial charge in [0.2, 0.25) is 11.7 Å². The fraction of sp³-hybridized carbons (Fsp3) is 0.385. The number of ether oxygens (including phenoxy) is 1. The molecule has 0 fully saturated rings. The van der Waals surface area contributed by atoms with Crippen molar-refractivity contribution in [3.8, 4) is 0 Å². The van der Waals surface area contributed by atoms with E-state index in [0.29, 0.717) is 11.7 Å². The van der Waals surface area contributed by atoms with Gasteiger partial charge < -0.3 is 15.0 Å². The molecule has 1 unspecified atom stereocenters. The number of methoxy groups -OCH3 is 1. The third-order valence-electron chi connectivity index (χ3n) is 2.83. The van der Waals surface area contributed by atoms with Gasteiger partial charge in [0.05, 0.1) is 0 Å². The first-order chi connectivity index (χ1) is 8.76. The van der Waals surface area contributed by atoms with Gasteiger partial charge in [-0.15, -0.1) is 0 Å². The zero-order valence-corrected chi connectivity index (χ0v) is 10.5. The van der Waals surface area contributed by atoms with Crippen LogP contribution in [-0.4, -0.2) is 17.3 Å². The van der Waals surface area contributed by atoms with Crippen LogP contribution in [0.3, 0.4) is 0 Å². The Bertz CT molecular complexity index is 480. The molecule has 18 heavy (non-hydrogen) atoms. The highest BCUT2D eigenvalue weighted by molar-refractivity contribution is 5.23. The summed E-state index contributed by atoms with van der Waals surface area (Å²) in [7, 11) is 1.63. The fourth-order valence-electron chi connectivity index (χ4n) is 1.76. The van der Waals surface area contributed by atoms with Gasteiger partial charge >= 0.3 is 0 Å². The Balaban J connectivity index is 2.20. The summed E-state index contributed by atoms with van der Waals surface area (Å²) in [5.41, 5.74) is 7.02. The molecule has 2 atom stereocenters. The van der Waals surface area contributed by atoms with Crippen molar-refractivity contribution >= 4 is 0 Å². The monoisotopic (exact) mass is 247 g/mol. The first-order valence-electron chi connectivity index (χ1n) is 5.93. The van der Waals surface area contributed by atoms with E-state index < -0.39 is 6.04 Å². The summed E-state index contributed by atoms with van der Waals surface area (Å²) < 4.78 is 10.5. The van der Waals surface area contributed by atoms with Gasteiger partial charge in [-0.3, -0.25) is 0 Å². The summed E-state index contributed by atoms with van der Waals surface area (Å²) in [6.45, 7) is 2.00. The Labute approximate surface area is 106 Å². The number of aromatic nitrogens is 2.